The molecule has 1 heterocycles. The summed E-state index contributed by atoms with van der Waals surface area (Å²) < 4.78 is 5.20. The lowest BCUT2D eigenvalue weighted by Crippen LogP contribution is -1.85. The number of aromatic nitrogens is 1. The van der Waals surface area contributed by atoms with Crippen LogP contribution in [0.25, 0.3) is 11.3 Å². The minimum atomic E-state index is 0.293. The quantitative estimate of drug-likeness (QED) is 0.739. The molecule has 0 bridgehead atoms. The van der Waals surface area contributed by atoms with Crippen LogP contribution in [0.4, 0.5) is 0 Å². The molecular formula is C13H13NO2. The number of nitrogens with zero attached hydrogens (tertiary/aromatic N) is 1. The molecule has 2 rings (SSSR count). The molecule has 16 heavy (non-hydrogen) atoms. The molecule has 0 aliphatic heterocycles. The van der Waals surface area contributed by atoms with Crippen molar-refractivity contribution in [3.63, 3.8) is 0 Å². The van der Waals surface area contributed by atoms with E-state index in [1.807, 2.05) is 24.3 Å². The van der Waals surface area contributed by atoms with Crippen LogP contribution in [-0.4, -0.2) is 11.3 Å². The van der Waals surface area contributed by atoms with Gasteiger partial charge in [0.15, 0.2) is 17.9 Å². The number of benzene rings is 1. The van der Waals surface area contributed by atoms with E-state index in [1.165, 1.54) is 5.56 Å². The van der Waals surface area contributed by atoms with E-state index in [1.54, 1.807) is 6.92 Å². The second-order valence-electron chi connectivity index (χ2n) is 3.61. The molecule has 0 aliphatic rings. The molecule has 0 saturated carbocycles. The summed E-state index contributed by atoms with van der Waals surface area (Å²) in [7, 11) is 0. The Hall–Kier alpha value is -1.90. The summed E-state index contributed by atoms with van der Waals surface area (Å²) in [6, 6.07) is 7.99. The van der Waals surface area contributed by atoms with E-state index >= 15 is 0 Å². The van der Waals surface area contributed by atoms with Crippen molar-refractivity contribution in [3.05, 3.63) is 41.5 Å². The first kappa shape index (κ1) is 10.6. The third-order valence-corrected chi connectivity index (χ3v) is 2.50. The highest BCUT2D eigenvalue weighted by molar-refractivity contribution is 5.82. The highest BCUT2D eigenvalue weighted by atomic mass is 16.4. The van der Waals surface area contributed by atoms with E-state index in [-0.39, 0.29) is 0 Å². The Morgan fingerprint density at radius 3 is 2.56 bits per heavy atom. The van der Waals surface area contributed by atoms with Crippen LogP contribution in [0.3, 0.4) is 0 Å². The van der Waals surface area contributed by atoms with E-state index in [9.17, 15) is 4.79 Å². The molecule has 2 aromatic rings. The molecule has 0 spiro atoms. The lowest BCUT2D eigenvalue weighted by molar-refractivity contribution is 0.110. The van der Waals surface area contributed by atoms with Crippen LogP contribution in [0.15, 0.2) is 28.7 Å². The standard InChI is InChI=1S/C13H13NO2/c1-3-10-4-6-11(7-5-10)13-12(8-15)16-9(2)14-13/h4-8H,3H2,1-2H3. The van der Waals surface area contributed by atoms with E-state index in [0.29, 0.717) is 23.6 Å². The molecule has 0 saturated heterocycles. The van der Waals surface area contributed by atoms with Gasteiger partial charge in [-0.25, -0.2) is 4.98 Å². The van der Waals surface area contributed by atoms with Crippen molar-refractivity contribution in [1.29, 1.82) is 0 Å². The second kappa shape index (κ2) is 4.31. The Balaban J connectivity index is 2.45. The van der Waals surface area contributed by atoms with Gasteiger partial charge in [0, 0.05) is 12.5 Å². The monoisotopic (exact) mass is 215 g/mol. The van der Waals surface area contributed by atoms with Gasteiger partial charge in [0.2, 0.25) is 0 Å². The summed E-state index contributed by atoms with van der Waals surface area (Å²) in [6.45, 7) is 3.84. The summed E-state index contributed by atoms with van der Waals surface area (Å²) in [6.07, 6.45) is 1.70. The van der Waals surface area contributed by atoms with E-state index in [2.05, 4.69) is 11.9 Å². The average molecular weight is 215 g/mol. The van der Waals surface area contributed by atoms with Crippen LogP contribution in [0, 0.1) is 6.92 Å². The third kappa shape index (κ3) is 1.89. The van der Waals surface area contributed by atoms with Crippen LogP contribution in [-0.2, 0) is 6.42 Å². The fraction of sp³-hybridized carbons (Fsp3) is 0.231. The first-order valence-corrected chi connectivity index (χ1v) is 5.26. The van der Waals surface area contributed by atoms with Gasteiger partial charge in [0.1, 0.15) is 5.69 Å². The van der Waals surface area contributed by atoms with Gasteiger partial charge in [-0.1, -0.05) is 31.2 Å². The molecule has 0 unspecified atom stereocenters. The van der Waals surface area contributed by atoms with Crippen LogP contribution >= 0.6 is 0 Å². The smallest absolute Gasteiger partial charge is 0.195 e. The van der Waals surface area contributed by atoms with Gasteiger partial charge in [0.25, 0.3) is 0 Å². The number of carbonyl (C=O) groups is 1. The molecule has 1 aromatic carbocycles. The van der Waals surface area contributed by atoms with Crippen molar-refractivity contribution in [2.45, 2.75) is 20.3 Å². The molecule has 3 nitrogen and oxygen atoms in total. The van der Waals surface area contributed by atoms with Crippen molar-refractivity contribution < 1.29 is 9.21 Å². The lowest BCUT2D eigenvalue weighted by atomic mass is 10.1. The van der Waals surface area contributed by atoms with Crippen molar-refractivity contribution in [3.8, 4) is 11.3 Å². The molecule has 3 heteroatoms. The van der Waals surface area contributed by atoms with Crippen LogP contribution in [0.2, 0.25) is 0 Å². The van der Waals surface area contributed by atoms with E-state index in [0.717, 1.165) is 12.0 Å². The second-order valence-corrected chi connectivity index (χ2v) is 3.61. The number of carbonyl (C=O) groups excluding carboxylic acids is 1. The van der Waals surface area contributed by atoms with Gasteiger partial charge in [-0.15, -0.1) is 0 Å². The molecule has 0 fully saturated rings. The number of aldehydes is 1. The fourth-order valence-electron chi connectivity index (χ4n) is 1.63. The predicted octanol–water partition coefficient (Wildman–Crippen LogP) is 3.02. The average Bonchev–Trinajstić information content (AvgIpc) is 2.70. The first-order chi connectivity index (χ1) is 7.74. The zero-order valence-corrected chi connectivity index (χ0v) is 9.36. The van der Waals surface area contributed by atoms with Gasteiger partial charge in [0.05, 0.1) is 0 Å². The minimum absolute atomic E-state index is 0.293. The Kier molecular flexibility index (Phi) is 2.86. The Bertz CT molecular complexity index is 497. The largest absolute Gasteiger partial charge is 0.438 e. The van der Waals surface area contributed by atoms with Crippen molar-refractivity contribution in [2.24, 2.45) is 0 Å². The maximum atomic E-state index is 10.8. The topological polar surface area (TPSA) is 43.1 Å². The molecule has 0 N–H and O–H groups in total. The Morgan fingerprint density at radius 2 is 2.00 bits per heavy atom. The molecular weight excluding hydrogens is 202 g/mol. The third-order valence-electron chi connectivity index (χ3n) is 2.50. The summed E-state index contributed by atoms with van der Waals surface area (Å²) in [5.41, 5.74) is 2.79. The van der Waals surface area contributed by atoms with Gasteiger partial charge in [-0.3, -0.25) is 4.79 Å². The first-order valence-electron chi connectivity index (χ1n) is 5.26. The predicted molar refractivity (Wildman–Crippen MR) is 61.4 cm³/mol. The molecule has 1 aromatic heterocycles. The highest BCUT2D eigenvalue weighted by Gasteiger charge is 2.11. The summed E-state index contributed by atoms with van der Waals surface area (Å²) in [5, 5.41) is 0. The molecule has 82 valence electrons. The van der Waals surface area contributed by atoms with Crippen LogP contribution < -0.4 is 0 Å². The van der Waals surface area contributed by atoms with Crippen molar-refractivity contribution >= 4 is 6.29 Å². The summed E-state index contributed by atoms with van der Waals surface area (Å²) in [4.78, 5) is 15.0. The number of oxazole rings is 1. The Labute approximate surface area is 94.1 Å². The number of aryl methyl sites for hydroxylation is 2. The van der Waals surface area contributed by atoms with Gasteiger partial charge >= 0.3 is 0 Å². The van der Waals surface area contributed by atoms with Crippen LogP contribution in [0.1, 0.15) is 28.9 Å². The molecule has 0 atom stereocenters. The highest BCUT2D eigenvalue weighted by Crippen LogP contribution is 2.23. The van der Waals surface area contributed by atoms with Crippen LogP contribution in [0.5, 0.6) is 0 Å². The zero-order valence-electron chi connectivity index (χ0n) is 9.36. The van der Waals surface area contributed by atoms with Gasteiger partial charge in [-0.05, 0) is 12.0 Å². The van der Waals surface area contributed by atoms with Gasteiger partial charge < -0.3 is 4.42 Å². The summed E-state index contributed by atoms with van der Waals surface area (Å²) >= 11 is 0. The van der Waals surface area contributed by atoms with Crippen molar-refractivity contribution in [1.82, 2.24) is 4.98 Å². The van der Waals surface area contributed by atoms with E-state index in [4.69, 9.17) is 4.42 Å². The maximum Gasteiger partial charge on any atom is 0.195 e. The number of hydrogen-bond acceptors (Lipinski definition) is 3. The number of rotatable bonds is 3. The maximum absolute atomic E-state index is 10.8. The van der Waals surface area contributed by atoms with Gasteiger partial charge in [-0.2, -0.15) is 0 Å². The molecule has 0 aliphatic carbocycles. The lowest BCUT2D eigenvalue weighted by Gasteiger charge is -1.99. The zero-order chi connectivity index (χ0) is 11.5. The number of hydrogen-bond donors (Lipinski definition) is 0. The Morgan fingerprint density at radius 1 is 1.31 bits per heavy atom. The van der Waals surface area contributed by atoms with Crippen molar-refractivity contribution in [2.75, 3.05) is 0 Å². The van der Waals surface area contributed by atoms with E-state index < -0.39 is 0 Å². The molecule has 0 radical (unpaired) electrons. The fourth-order valence-corrected chi connectivity index (χ4v) is 1.63. The summed E-state index contributed by atoms with van der Waals surface area (Å²) in [5.74, 6) is 0.804. The normalized spacial score (nSPS) is 10.4. The molecule has 0 amide bonds. The SMILES string of the molecule is CCc1ccc(-c2nc(C)oc2C=O)cc1. The minimum Gasteiger partial charge on any atom is -0.438 e.